The monoisotopic (exact) mass is 429 g/mol. The maximum Gasteiger partial charge on any atom is 0.0883 e. The maximum absolute atomic E-state index is 11.1. The van der Waals surface area contributed by atoms with Gasteiger partial charge in [-0.25, -0.2) is 0 Å². The second-order valence-corrected chi connectivity index (χ2v) is 11.9. The van der Waals surface area contributed by atoms with Crippen molar-refractivity contribution in [2.45, 2.75) is 90.7 Å². The fraction of sp³-hybridized carbons (Fsp3) is 0.923. The normalized spacial score (nSPS) is 45.5. The molecule has 4 fully saturated rings. The van der Waals surface area contributed by atoms with Crippen LogP contribution in [0.4, 0.5) is 0 Å². The molecular weight excluding hydrogens is 386 g/mol. The van der Waals surface area contributed by atoms with Crippen molar-refractivity contribution in [1.29, 1.82) is 0 Å². The van der Waals surface area contributed by atoms with Gasteiger partial charge in [0.25, 0.3) is 0 Å². The third kappa shape index (κ3) is 3.88. The molecule has 0 saturated heterocycles. The molecule has 31 heavy (non-hydrogen) atoms. The number of nitrogens with zero attached hydrogens (tertiary/aromatic N) is 3. The highest BCUT2D eigenvalue weighted by Crippen LogP contribution is 2.65. The van der Waals surface area contributed by atoms with Gasteiger partial charge in [-0.15, -0.1) is 5.10 Å². The van der Waals surface area contributed by atoms with Crippen LogP contribution < -0.4 is 0 Å². The van der Waals surface area contributed by atoms with Gasteiger partial charge < -0.3 is 9.84 Å². The van der Waals surface area contributed by atoms with Crippen LogP contribution in [-0.4, -0.2) is 38.9 Å². The van der Waals surface area contributed by atoms with Crippen LogP contribution in [0.25, 0.3) is 0 Å². The minimum absolute atomic E-state index is 0.498. The molecule has 1 aromatic rings. The Morgan fingerprint density at radius 3 is 2.71 bits per heavy atom. The number of aliphatic hydroxyl groups is 1. The van der Waals surface area contributed by atoms with Crippen molar-refractivity contribution < 1.29 is 9.84 Å². The number of hydrogen-bond donors (Lipinski definition) is 1. The lowest BCUT2D eigenvalue weighted by molar-refractivity contribution is -0.129. The molecule has 1 aromatic heterocycles. The van der Waals surface area contributed by atoms with Crippen molar-refractivity contribution in [2.75, 3.05) is 13.2 Å². The van der Waals surface area contributed by atoms with E-state index in [1.165, 1.54) is 44.9 Å². The lowest BCUT2D eigenvalue weighted by Crippen LogP contribution is -2.52. The Morgan fingerprint density at radius 1 is 1.10 bits per heavy atom. The average Bonchev–Trinajstić information content (AvgIpc) is 3.39. The molecule has 4 aliphatic rings. The van der Waals surface area contributed by atoms with Crippen molar-refractivity contribution in [3.05, 3.63) is 12.4 Å². The van der Waals surface area contributed by atoms with Gasteiger partial charge in [-0.2, -0.15) is 0 Å². The summed E-state index contributed by atoms with van der Waals surface area (Å²) in [4.78, 5) is 0. The van der Waals surface area contributed by atoms with Gasteiger partial charge in [0.15, 0.2) is 0 Å². The van der Waals surface area contributed by atoms with E-state index in [4.69, 9.17) is 4.74 Å². The zero-order valence-corrected chi connectivity index (χ0v) is 19.9. The third-order valence-corrected chi connectivity index (χ3v) is 10.4. The summed E-state index contributed by atoms with van der Waals surface area (Å²) in [6, 6.07) is 0. The largest absolute Gasteiger partial charge is 0.387 e. The van der Waals surface area contributed by atoms with Gasteiger partial charge in [0.1, 0.15) is 0 Å². The van der Waals surface area contributed by atoms with Crippen molar-refractivity contribution in [3.63, 3.8) is 0 Å². The van der Waals surface area contributed by atoms with Crippen LogP contribution in [0.1, 0.15) is 78.6 Å². The van der Waals surface area contributed by atoms with Crippen LogP contribution >= 0.6 is 0 Å². The van der Waals surface area contributed by atoms with E-state index < -0.39 is 5.60 Å². The highest BCUT2D eigenvalue weighted by Gasteiger charge is 2.58. The van der Waals surface area contributed by atoms with Gasteiger partial charge in [-0.3, -0.25) is 4.68 Å². The summed E-state index contributed by atoms with van der Waals surface area (Å²) in [7, 11) is 0. The molecule has 0 radical (unpaired) electrons. The summed E-state index contributed by atoms with van der Waals surface area (Å²) in [5.41, 5.74) is -0.0686. The quantitative estimate of drug-likeness (QED) is 0.695. The first-order valence-electron chi connectivity index (χ1n) is 13.1. The molecule has 1 unspecified atom stereocenters. The van der Waals surface area contributed by atoms with Crippen molar-refractivity contribution in [2.24, 2.45) is 46.8 Å². The first-order chi connectivity index (χ1) is 14.9. The van der Waals surface area contributed by atoms with E-state index in [2.05, 4.69) is 24.2 Å². The minimum Gasteiger partial charge on any atom is -0.387 e. The van der Waals surface area contributed by atoms with Gasteiger partial charge in [-0.1, -0.05) is 19.1 Å². The molecule has 0 spiro atoms. The second-order valence-electron chi connectivity index (χ2n) is 11.9. The molecule has 0 bridgehead atoms. The molecular formula is C26H43N3O2. The third-order valence-electron chi connectivity index (χ3n) is 10.4. The van der Waals surface area contributed by atoms with E-state index >= 15 is 0 Å². The number of ether oxygens (including phenoxy) is 1. The summed E-state index contributed by atoms with van der Waals surface area (Å²) < 4.78 is 7.68. The molecule has 0 aliphatic heterocycles. The van der Waals surface area contributed by atoms with Crippen LogP contribution in [0.15, 0.2) is 12.4 Å². The molecule has 0 aromatic carbocycles. The first kappa shape index (κ1) is 21.9. The summed E-state index contributed by atoms with van der Waals surface area (Å²) in [5.74, 6) is 5.75. The average molecular weight is 430 g/mol. The van der Waals surface area contributed by atoms with Gasteiger partial charge in [0.05, 0.1) is 18.4 Å². The second kappa shape index (κ2) is 8.44. The molecule has 1 heterocycles. The lowest BCUT2D eigenvalue weighted by atomic mass is 9.48. The number of hydrogen-bond acceptors (Lipinski definition) is 4. The Bertz CT molecular complexity index is 739. The molecule has 9 atom stereocenters. The number of rotatable bonds is 6. The predicted octanol–water partition coefficient (Wildman–Crippen LogP) is 4.95. The Morgan fingerprint density at radius 2 is 1.94 bits per heavy atom. The summed E-state index contributed by atoms with van der Waals surface area (Å²) in [6.45, 7) is 9.36. The predicted molar refractivity (Wildman–Crippen MR) is 121 cm³/mol. The summed E-state index contributed by atoms with van der Waals surface area (Å²) in [6.07, 6.45) is 15.3. The lowest BCUT2D eigenvalue weighted by Gasteiger charge is -2.57. The van der Waals surface area contributed by atoms with E-state index in [1.54, 1.807) is 6.20 Å². The molecule has 5 rings (SSSR count). The zero-order valence-electron chi connectivity index (χ0n) is 19.9. The molecule has 174 valence electrons. The van der Waals surface area contributed by atoms with Gasteiger partial charge in [0.2, 0.25) is 0 Å². The fourth-order valence-electron chi connectivity index (χ4n) is 9.11. The molecule has 5 nitrogen and oxygen atoms in total. The molecule has 1 N–H and O–H groups in total. The highest BCUT2D eigenvalue weighted by atomic mass is 16.5. The molecule has 4 aliphatic carbocycles. The van der Waals surface area contributed by atoms with Crippen LogP contribution in [-0.2, 0) is 11.3 Å². The van der Waals surface area contributed by atoms with Crippen molar-refractivity contribution in [3.8, 4) is 0 Å². The molecule has 4 saturated carbocycles. The van der Waals surface area contributed by atoms with E-state index in [0.29, 0.717) is 30.5 Å². The maximum atomic E-state index is 11.1. The molecule has 5 heteroatoms. The first-order valence-corrected chi connectivity index (χ1v) is 13.1. The number of aromatic nitrogens is 3. The summed E-state index contributed by atoms with van der Waals surface area (Å²) >= 11 is 0. The Balaban J connectivity index is 1.26. The fourth-order valence-corrected chi connectivity index (χ4v) is 9.11. The van der Waals surface area contributed by atoms with Crippen LogP contribution in [0, 0.1) is 46.8 Å². The Hall–Kier alpha value is -0.940. The van der Waals surface area contributed by atoms with Crippen LogP contribution in [0.2, 0.25) is 0 Å². The van der Waals surface area contributed by atoms with Crippen LogP contribution in [0.5, 0.6) is 0 Å². The minimum atomic E-state index is -0.567. The smallest absolute Gasteiger partial charge is 0.0883 e. The van der Waals surface area contributed by atoms with Gasteiger partial charge >= 0.3 is 0 Å². The van der Waals surface area contributed by atoms with Gasteiger partial charge in [0, 0.05) is 19.3 Å². The number of fused-ring (bicyclic) bond motifs is 5. The summed E-state index contributed by atoms with van der Waals surface area (Å²) in [5, 5.41) is 19.3. The van der Waals surface area contributed by atoms with E-state index in [1.807, 2.05) is 17.8 Å². The van der Waals surface area contributed by atoms with Gasteiger partial charge in [-0.05, 0) is 112 Å². The zero-order chi connectivity index (χ0) is 21.6. The molecule has 0 amide bonds. The van der Waals surface area contributed by atoms with Crippen molar-refractivity contribution >= 4 is 0 Å². The SMILES string of the molecule is CCOC[C@@]1(O)CC[C@H]2[C@H](CC[C@@H]3[C@@H]2CC[C@]2(C)C([C@@H](C)Cn4ccnn4)CC[C@@H]32)C1. The highest BCUT2D eigenvalue weighted by molar-refractivity contribution is 5.07. The Kier molecular flexibility index (Phi) is 5.96. The van der Waals surface area contributed by atoms with E-state index in [9.17, 15) is 5.11 Å². The van der Waals surface area contributed by atoms with Crippen molar-refractivity contribution in [1.82, 2.24) is 15.0 Å². The Labute approximate surface area is 188 Å². The van der Waals surface area contributed by atoms with E-state index in [0.717, 1.165) is 49.0 Å². The van der Waals surface area contributed by atoms with E-state index in [-0.39, 0.29) is 0 Å². The standard InChI is InChI=1S/C26H43N3O2/c1-4-31-17-26(30)12-10-20-19(15-26)5-6-22-21(20)9-11-25(3)23(7-8-24(22)25)18(2)16-29-14-13-27-28-29/h13-14,18-24,30H,4-12,15-17H2,1-3H3/t18-,19+,20-,21+,22+,23?,24-,25+,26+/m0/s1. The topological polar surface area (TPSA) is 60.2 Å². The van der Waals surface area contributed by atoms with Crippen LogP contribution in [0.3, 0.4) is 0 Å².